The monoisotopic (exact) mass is 450 g/mol. The zero-order valence-electron chi connectivity index (χ0n) is 19.7. The molecule has 3 fully saturated rings. The molecule has 6 nitrogen and oxygen atoms in total. The predicted octanol–water partition coefficient (Wildman–Crippen LogP) is 3.70. The number of rotatable bonds is 8. The van der Waals surface area contributed by atoms with Crippen LogP contribution in [-0.2, 0) is 22.4 Å². The van der Waals surface area contributed by atoms with Crippen molar-refractivity contribution < 1.29 is 9.59 Å². The van der Waals surface area contributed by atoms with Gasteiger partial charge in [0.1, 0.15) is 6.29 Å². The highest BCUT2D eigenvalue weighted by atomic mass is 16.2. The largest absolute Gasteiger partial charge is 0.399 e. The summed E-state index contributed by atoms with van der Waals surface area (Å²) >= 11 is 0. The van der Waals surface area contributed by atoms with Crippen molar-refractivity contribution in [2.24, 2.45) is 16.6 Å². The van der Waals surface area contributed by atoms with Gasteiger partial charge in [0.15, 0.2) is 0 Å². The zero-order valence-corrected chi connectivity index (χ0v) is 19.7. The second-order valence-corrected chi connectivity index (χ2v) is 9.49. The number of nitrogens with two attached hydrogens (primary N) is 2. The first-order valence-corrected chi connectivity index (χ1v) is 12.0. The Morgan fingerprint density at radius 1 is 0.909 bits per heavy atom. The van der Waals surface area contributed by atoms with Crippen LogP contribution in [0.5, 0.6) is 0 Å². The number of fused-ring (bicyclic) bond motifs is 3. The number of carbonyl (C=O) groups excluding carboxylic acids is 2. The van der Waals surface area contributed by atoms with Crippen LogP contribution in [0.25, 0.3) is 0 Å². The Kier molecular flexibility index (Phi) is 8.50. The van der Waals surface area contributed by atoms with Crippen molar-refractivity contribution >= 4 is 23.6 Å². The molecule has 2 aromatic carbocycles. The number of nitrogen functional groups attached to an aromatic ring is 1. The van der Waals surface area contributed by atoms with Crippen LogP contribution < -0.4 is 22.1 Å². The van der Waals surface area contributed by atoms with Gasteiger partial charge in [-0.3, -0.25) is 4.79 Å². The molecule has 2 bridgehead atoms. The molecule has 0 atom stereocenters. The quantitative estimate of drug-likeness (QED) is 0.362. The van der Waals surface area contributed by atoms with Crippen molar-refractivity contribution in [1.29, 1.82) is 0 Å². The van der Waals surface area contributed by atoms with E-state index < -0.39 is 0 Å². The fourth-order valence-electron chi connectivity index (χ4n) is 4.93. The molecule has 178 valence electrons. The van der Waals surface area contributed by atoms with E-state index in [9.17, 15) is 9.59 Å². The van der Waals surface area contributed by atoms with Crippen molar-refractivity contribution in [3.8, 4) is 0 Å². The van der Waals surface area contributed by atoms with E-state index in [0.717, 1.165) is 75.6 Å². The smallest absolute Gasteiger partial charge is 0.226 e. The van der Waals surface area contributed by atoms with Crippen molar-refractivity contribution in [2.45, 2.75) is 51.4 Å². The summed E-state index contributed by atoms with van der Waals surface area (Å²) < 4.78 is 0. The molecule has 5 rings (SSSR count). The molecule has 0 saturated heterocycles. The van der Waals surface area contributed by atoms with E-state index in [2.05, 4.69) is 34.9 Å². The van der Waals surface area contributed by atoms with Crippen LogP contribution in [0.15, 0.2) is 48.5 Å². The first-order valence-electron chi connectivity index (χ1n) is 12.0. The van der Waals surface area contributed by atoms with Crippen molar-refractivity contribution in [1.82, 2.24) is 5.32 Å². The number of carbonyl (C=O) groups is 2. The van der Waals surface area contributed by atoms with Gasteiger partial charge >= 0.3 is 0 Å². The molecule has 0 heterocycles. The van der Waals surface area contributed by atoms with E-state index in [0.29, 0.717) is 6.54 Å². The van der Waals surface area contributed by atoms with Crippen LogP contribution in [0.2, 0.25) is 0 Å². The van der Waals surface area contributed by atoms with Gasteiger partial charge < -0.3 is 26.9 Å². The minimum absolute atomic E-state index is 0.119. The molecule has 3 saturated carbocycles. The van der Waals surface area contributed by atoms with Gasteiger partial charge in [0, 0.05) is 35.8 Å². The van der Waals surface area contributed by atoms with Crippen LogP contribution in [0.3, 0.4) is 0 Å². The number of aldehydes is 1. The lowest BCUT2D eigenvalue weighted by molar-refractivity contribution is -0.144. The normalized spacial score (nSPS) is 23.2. The van der Waals surface area contributed by atoms with E-state index >= 15 is 0 Å². The highest BCUT2D eigenvalue weighted by molar-refractivity contribution is 5.83. The molecule has 3 aliphatic carbocycles. The van der Waals surface area contributed by atoms with Gasteiger partial charge in [0.25, 0.3) is 0 Å². The number of nitrogens with one attached hydrogen (secondary N) is 2. The Labute approximate surface area is 197 Å². The third kappa shape index (κ3) is 6.35. The highest BCUT2D eigenvalue weighted by Gasteiger charge is 2.52. The molecular formula is C27H38N4O2. The maximum atomic E-state index is 12.6. The standard InChI is InChI=1S/C18H24N2O2.C9H14N2/c19-15-3-1-14(2-4-15)5-12-20-16(22)18-9-6-17(13-21,7-10-18)8-11-18;1-11-9-4-2-8(3-5-9)6-7-10/h1-4,13H,5-12,19H2,(H,20,22);2-5,11H,6-7,10H2,1H3. The highest BCUT2D eigenvalue weighted by Crippen LogP contribution is 2.55. The molecule has 6 heteroatoms. The van der Waals surface area contributed by atoms with Crippen LogP contribution in [0.1, 0.15) is 49.7 Å². The van der Waals surface area contributed by atoms with Crippen LogP contribution in [0, 0.1) is 10.8 Å². The van der Waals surface area contributed by atoms with Gasteiger partial charge in [0.2, 0.25) is 5.91 Å². The van der Waals surface area contributed by atoms with Gasteiger partial charge in [-0.1, -0.05) is 24.3 Å². The lowest BCUT2D eigenvalue weighted by Gasteiger charge is -2.49. The van der Waals surface area contributed by atoms with Crippen LogP contribution in [0.4, 0.5) is 11.4 Å². The molecule has 3 aliphatic rings. The first kappa shape index (κ1) is 24.8. The molecule has 0 spiro atoms. The van der Waals surface area contributed by atoms with Gasteiger partial charge in [-0.25, -0.2) is 0 Å². The molecule has 6 N–H and O–H groups in total. The van der Waals surface area contributed by atoms with Crippen LogP contribution >= 0.6 is 0 Å². The maximum absolute atomic E-state index is 12.6. The number of hydrogen-bond donors (Lipinski definition) is 4. The van der Waals surface area contributed by atoms with E-state index in [1.54, 1.807) is 0 Å². The molecular weight excluding hydrogens is 412 g/mol. The van der Waals surface area contributed by atoms with Gasteiger partial charge in [-0.15, -0.1) is 0 Å². The van der Waals surface area contributed by atoms with E-state index in [4.69, 9.17) is 11.5 Å². The topological polar surface area (TPSA) is 110 Å². The summed E-state index contributed by atoms with van der Waals surface area (Å²) in [5.41, 5.74) is 15.1. The number of benzene rings is 2. The summed E-state index contributed by atoms with van der Waals surface area (Å²) in [4.78, 5) is 23.8. The Morgan fingerprint density at radius 3 is 1.97 bits per heavy atom. The van der Waals surface area contributed by atoms with E-state index in [1.165, 1.54) is 11.1 Å². The Hall–Kier alpha value is -2.86. The fourth-order valence-corrected chi connectivity index (χ4v) is 4.93. The van der Waals surface area contributed by atoms with Crippen molar-refractivity contribution in [3.05, 3.63) is 59.7 Å². The summed E-state index contributed by atoms with van der Waals surface area (Å²) in [6.45, 7) is 1.38. The average Bonchev–Trinajstić information content (AvgIpc) is 2.87. The summed E-state index contributed by atoms with van der Waals surface area (Å²) in [5, 5.41) is 6.17. The minimum Gasteiger partial charge on any atom is -0.399 e. The molecule has 0 aliphatic heterocycles. The lowest BCUT2D eigenvalue weighted by atomic mass is 9.54. The zero-order chi connectivity index (χ0) is 23.7. The summed E-state index contributed by atoms with van der Waals surface area (Å²) in [6.07, 6.45) is 8.13. The summed E-state index contributed by atoms with van der Waals surface area (Å²) in [7, 11) is 1.91. The summed E-state index contributed by atoms with van der Waals surface area (Å²) in [6, 6.07) is 16.1. The SMILES string of the molecule is CNc1ccc(CCN)cc1.Nc1ccc(CCNC(=O)C23CCC(C=O)(CC2)CC3)cc1. The van der Waals surface area contributed by atoms with E-state index in [-0.39, 0.29) is 16.7 Å². The minimum atomic E-state index is -0.216. The molecule has 0 radical (unpaired) electrons. The van der Waals surface area contributed by atoms with Crippen molar-refractivity contribution in [3.63, 3.8) is 0 Å². The second kappa shape index (κ2) is 11.3. The molecule has 2 aromatic rings. The number of amides is 1. The summed E-state index contributed by atoms with van der Waals surface area (Å²) in [5.74, 6) is 0.183. The van der Waals surface area contributed by atoms with Crippen molar-refractivity contribution in [2.75, 3.05) is 31.2 Å². The number of anilines is 2. The third-order valence-corrected chi connectivity index (χ3v) is 7.39. The molecule has 1 amide bonds. The Balaban J connectivity index is 0.000000235. The second-order valence-electron chi connectivity index (χ2n) is 9.49. The molecule has 0 unspecified atom stereocenters. The number of hydrogen-bond acceptors (Lipinski definition) is 5. The fraction of sp³-hybridized carbons (Fsp3) is 0.481. The van der Waals surface area contributed by atoms with Gasteiger partial charge in [0.05, 0.1) is 0 Å². The third-order valence-electron chi connectivity index (χ3n) is 7.39. The average molecular weight is 451 g/mol. The lowest BCUT2D eigenvalue weighted by Crippen LogP contribution is -2.50. The van der Waals surface area contributed by atoms with Crippen LogP contribution in [-0.4, -0.2) is 32.3 Å². The van der Waals surface area contributed by atoms with Gasteiger partial charge in [-0.05, 0) is 93.3 Å². The maximum Gasteiger partial charge on any atom is 0.226 e. The van der Waals surface area contributed by atoms with Gasteiger partial charge in [-0.2, -0.15) is 0 Å². The predicted molar refractivity (Wildman–Crippen MR) is 135 cm³/mol. The Morgan fingerprint density at radius 2 is 1.45 bits per heavy atom. The van der Waals surface area contributed by atoms with E-state index in [1.807, 2.05) is 31.3 Å². The Bertz CT molecular complexity index is 884. The first-order chi connectivity index (χ1) is 15.9. The molecule has 33 heavy (non-hydrogen) atoms. The molecule has 0 aromatic heterocycles.